The number of aliphatic hydroxyl groups excluding tert-OH is 5. The molecule has 7 atom stereocenters. The lowest BCUT2D eigenvalue weighted by Crippen LogP contribution is -2.60. The predicted molar refractivity (Wildman–Crippen MR) is 189 cm³/mol. The number of amides is 1. The summed E-state index contributed by atoms with van der Waals surface area (Å²) in [6.07, 6.45) is 27.3. The number of carbonyl (C=O) groups is 1. The third kappa shape index (κ3) is 21.0. The number of nitrogens with one attached hydrogen (secondary N) is 1. The van der Waals surface area contributed by atoms with Gasteiger partial charge in [0.05, 0.1) is 25.4 Å². The van der Waals surface area contributed by atoms with E-state index in [2.05, 4.69) is 55.6 Å². The molecule has 0 aromatic rings. The van der Waals surface area contributed by atoms with Crippen LogP contribution < -0.4 is 5.32 Å². The first kappa shape index (κ1) is 43.2. The van der Waals surface area contributed by atoms with Gasteiger partial charge in [0.1, 0.15) is 24.4 Å². The fraction of sp³-hybridized carbons (Fsp3) is 0.763. The molecule has 0 radical (unpaired) electrons. The molecule has 1 aliphatic heterocycles. The van der Waals surface area contributed by atoms with Gasteiger partial charge >= 0.3 is 0 Å². The van der Waals surface area contributed by atoms with E-state index >= 15 is 0 Å². The Bertz CT molecular complexity index is 874. The van der Waals surface area contributed by atoms with Crippen molar-refractivity contribution in [2.24, 2.45) is 0 Å². The average Bonchev–Trinajstić information content (AvgIpc) is 3.07. The summed E-state index contributed by atoms with van der Waals surface area (Å²) < 4.78 is 11.1. The molecule has 47 heavy (non-hydrogen) atoms. The van der Waals surface area contributed by atoms with Crippen LogP contribution in [-0.4, -0.2) is 87.5 Å². The van der Waals surface area contributed by atoms with Crippen molar-refractivity contribution in [3.8, 4) is 0 Å². The zero-order valence-electron chi connectivity index (χ0n) is 29.3. The summed E-state index contributed by atoms with van der Waals surface area (Å²) >= 11 is 0. The van der Waals surface area contributed by atoms with Crippen molar-refractivity contribution in [2.45, 2.75) is 172 Å². The van der Waals surface area contributed by atoms with Gasteiger partial charge in [-0.25, -0.2) is 0 Å². The normalized spacial score (nSPS) is 23.4. The first-order chi connectivity index (χ1) is 22.8. The highest BCUT2D eigenvalue weighted by atomic mass is 16.7. The fourth-order valence-corrected chi connectivity index (χ4v) is 5.30. The van der Waals surface area contributed by atoms with E-state index in [0.717, 1.165) is 70.6 Å². The molecule has 7 unspecified atom stereocenters. The smallest absolute Gasteiger partial charge is 0.220 e. The Balaban J connectivity index is 2.53. The molecule has 0 saturated carbocycles. The Morgan fingerprint density at radius 3 is 1.87 bits per heavy atom. The average molecular weight is 666 g/mol. The van der Waals surface area contributed by atoms with Crippen LogP contribution in [0.4, 0.5) is 0 Å². The number of rotatable bonds is 28. The summed E-state index contributed by atoms with van der Waals surface area (Å²) in [6, 6.07) is -0.832. The van der Waals surface area contributed by atoms with Crippen LogP contribution in [0.3, 0.4) is 0 Å². The van der Waals surface area contributed by atoms with Crippen molar-refractivity contribution in [1.29, 1.82) is 0 Å². The molecule has 6 N–H and O–H groups in total. The third-order valence-corrected chi connectivity index (χ3v) is 8.33. The van der Waals surface area contributed by atoms with Gasteiger partial charge in [-0.05, 0) is 64.2 Å². The van der Waals surface area contributed by atoms with Crippen LogP contribution in [0.25, 0.3) is 0 Å². The van der Waals surface area contributed by atoms with Gasteiger partial charge < -0.3 is 40.3 Å². The summed E-state index contributed by atoms with van der Waals surface area (Å²) in [6.45, 7) is 3.61. The van der Waals surface area contributed by atoms with Gasteiger partial charge in [-0.15, -0.1) is 0 Å². The van der Waals surface area contributed by atoms with Crippen LogP contribution in [-0.2, 0) is 14.3 Å². The molecule has 1 rings (SSSR count). The summed E-state index contributed by atoms with van der Waals surface area (Å²) in [7, 11) is 0. The van der Waals surface area contributed by atoms with Crippen LogP contribution in [0.5, 0.6) is 0 Å². The third-order valence-electron chi connectivity index (χ3n) is 8.33. The molecule has 0 aromatic heterocycles. The maximum Gasteiger partial charge on any atom is 0.220 e. The van der Waals surface area contributed by atoms with Crippen LogP contribution >= 0.6 is 0 Å². The first-order valence-corrected chi connectivity index (χ1v) is 18.4. The Labute approximate surface area is 284 Å². The fourth-order valence-electron chi connectivity index (χ4n) is 5.30. The highest BCUT2D eigenvalue weighted by Crippen LogP contribution is 2.22. The van der Waals surface area contributed by atoms with E-state index in [9.17, 15) is 30.3 Å². The molecule has 1 amide bonds. The molecule has 0 spiro atoms. The first-order valence-electron chi connectivity index (χ1n) is 18.4. The maximum absolute atomic E-state index is 12.8. The zero-order chi connectivity index (χ0) is 34.5. The molecule has 0 bridgehead atoms. The van der Waals surface area contributed by atoms with Crippen LogP contribution in [0.2, 0.25) is 0 Å². The van der Waals surface area contributed by atoms with E-state index in [1.165, 1.54) is 38.5 Å². The molecule has 9 heteroatoms. The summed E-state index contributed by atoms with van der Waals surface area (Å²) in [5, 5.41) is 53.7. The molecule has 1 aliphatic rings. The van der Waals surface area contributed by atoms with Gasteiger partial charge in [-0.3, -0.25) is 4.79 Å². The van der Waals surface area contributed by atoms with Gasteiger partial charge in [-0.1, -0.05) is 107 Å². The van der Waals surface area contributed by atoms with Gasteiger partial charge in [-0.2, -0.15) is 0 Å². The van der Waals surface area contributed by atoms with Crippen molar-refractivity contribution in [1.82, 2.24) is 5.32 Å². The molecule has 0 aromatic carbocycles. The van der Waals surface area contributed by atoms with Crippen LogP contribution in [0.1, 0.15) is 129 Å². The molecule has 1 heterocycles. The second kappa shape index (κ2) is 29.1. The minimum atomic E-state index is -1.57. The quantitative estimate of drug-likeness (QED) is 0.0445. The Morgan fingerprint density at radius 1 is 0.702 bits per heavy atom. The summed E-state index contributed by atoms with van der Waals surface area (Å²) in [5.74, 6) is -0.214. The summed E-state index contributed by atoms with van der Waals surface area (Å²) in [5.41, 5.74) is 0. The van der Waals surface area contributed by atoms with Gasteiger partial charge in [0.2, 0.25) is 5.91 Å². The minimum Gasteiger partial charge on any atom is -0.394 e. The number of hydrogen-bond donors (Lipinski definition) is 6. The Morgan fingerprint density at radius 2 is 1.26 bits per heavy atom. The minimum absolute atomic E-state index is 0.214. The predicted octanol–water partition coefficient (Wildman–Crippen LogP) is 5.94. The second-order valence-corrected chi connectivity index (χ2v) is 12.6. The molecule has 272 valence electrons. The van der Waals surface area contributed by atoms with Crippen LogP contribution in [0.15, 0.2) is 48.6 Å². The molecule has 9 nitrogen and oxygen atoms in total. The molecule has 0 aliphatic carbocycles. The lowest BCUT2D eigenvalue weighted by Gasteiger charge is -2.40. The zero-order valence-corrected chi connectivity index (χ0v) is 29.3. The van der Waals surface area contributed by atoms with E-state index in [1.807, 2.05) is 6.08 Å². The number of allylic oxidation sites excluding steroid dienone is 7. The van der Waals surface area contributed by atoms with E-state index < -0.39 is 49.5 Å². The summed E-state index contributed by atoms with van der Waals surface area (Å²) in [4.78, 5) is 12.8. The number of hydrogen-bond acceptors (Lipinski definition) is 8. The molecule has 1 fully saturated rings. The number of carbonyl (C=O) groups excluding carboxylic acids is 1. The van der Waals surface area contributed by atoms with Gasteiger partial charge in [0.25, 0.3) is 0 Å². The topological polar surface area (TPSA) is 149 Å². The van der Waals surface area contributed by atoms with Crippen molar-refractivity contribution < 1.29 is 39.8 Å². The number of ether oxygens (including phenoxy) is 2. The van der Waals surface area contributed by atoms with Crippen molar-refractivity contribution in [2.75, 3.05) is 13.2 Å². The highest BCUT2D eigenvalue weighted by molar-refractivity contribution is 5.76. The van der Waals surface area contributed by atoms with E-state index in [-0.39, 0.29) is 12.5 Å². The molecular formula is C38H67NO8. The van der Waals surface area contributed by atoms with E-state index in [4.69, 9.17) is 9.47 Å². The molecule has 1 saturated heterocycles. The second-order valence-electron chi connectivity index (χ2n) is 12.6. The van der Waals surface area contributed by atoms with E-state index in [1.54, 1.807) is 6.08 Å². The highest BCUT2D eigenvalue weighted by Gasteiger charge is 2.44. The van der Waals surface area contributed by atoms with E-state index in [0.29, 0.717) is 6.42 Å². The van der Waals surface area contributed by atoms with Crippen molar-refractivity contribution in [3.63, 3.8) is 0 Å². The Kier molecular flexibility index (Phi) is 26.7. The monoisotopic (exact) mass is 665 g/mol. The van der Waals surface area contributed by atoms with Crippen molar-refractivity contribution >= 4 is 5.91 Å². The molecular weight excluding hydrogens is 598 g/mol. The van der Waals surface area contributed by atoms with Gasteiger partial charge in [0.15, 0.2) is 6.29 Å². The van der Waals surface area contributed by atoms with Crippen molar-refractivity contribution in [3.05, 3.63) is 48.6 Å². The Hall–Kier alpha value is -1.85. The maximum atomic E-state index is 12.8. The van der Waals surface area contributed by atoms with Gasteiger partial charge in [0, 0.05) is 6.42 Å². The number of unbranched alkanes of at least 4 members (excludes halogenated alkanes) is 12. The lowest BCUT2D eigenvalue weighted by molar-refractivity contribution is -0.302. The van der Waals surface area contributed by atoms with Crippen LogP contribution in [0, 0.1) is 0 Å². The lowest BCUT2D eigenvalue weighted by atomic mass is 9.99. The SMILES string of the molecule is CCC/C=C/CC/C=C/CC/C=C/C(O)C(COC1OC(CO)C(O)C(O)C1O)NC(=O)CCCCC/C=C\CCCCCCCC. The number of aliphatic hydroxyl groups is 5. The standard InChI is InChI=1S/C38H67NO8/c1-3-5-7-9-11-13-15-16-18-20-22-24-26-28-34(42)39-31(30-46-38-37(45)36(44)35(43)33(29-40)47-38)32(41)27-25-23-21-19-17-14-12-10-8-6-4-2/h8,10,16-19,25,27,31-33,35-38,40-41,43-45H,3-7,9,11-15,20-24,26,28-30H2,1-2H3,(H,39,42)/b10-8+,18-16-,19-17+,27-25+. The largest absolute Gasteiger partial charge is 0.394 e.